The lowest BCUT2D eigenvalue weighted by Crippen LogP contribution is -2.51. The van der Waals surface area contributed by atoms with Gasteiger partial charge >= 0.3 is 6.03 Å². The number of nitrogens with two attached hydrogens (primary N) is 1. The molecule has 0 saturated heterocycles. The van der Waals surface area contributed by atoms with Crippen molar-refractivity contribution in [1.29, 1.82) is 0 Å². The number of urea groups is 1. The third kappa shape index (κ3) is 4.70. The van der Waals surface area contributed by atoms with Crippen molar-refractivity contribution in [2.24, 2.45) is 5.73 Å². The van der Waals surface area contributed by atoms with E-state index in [0.717, 1.165) is 28.1 Å². The van der Waals surface area contributed by atoms with Crippen LogP contribution in [0.25, 0.3) is 5.70 Å². The molecule has 8 heteroatoms. The van der Waals surface area contributed by atoms with Crippen LogP contribution >= 0.6 is 0 Å². The largest absolute Gasteiger partial charge is 0.492 e. The number of fused-ring (bicyclic) bond motifs is 1. The van der Waals surface area contributed by atoms with E-state index in [2.05, 4.69) is 16.0 Å². The summed E-state index contributed by atoms with van der Waals surface area (Å²) in [6, 6.07) is 15.1. The molecule has 0 bridgehead atoms. The molecule has 1 atom stereocenters. The molecule has 1 unspecified atom stereocenters. The predicted octanol–water partition coefficient (Wildman–Crippen LogP) is 2.04. The van der Waals surface area contributed by atoms with E-state index in [1.807, 2.05) is 60.8 Å². The van der Waals surface area contributed by atoms with Crippen molar-refractivity contribution in [3.8, 4) is 5.75 Å². The number of benzene rings is 2. The fourth-order valence-corrected chi connectivity index (χ4v) is 3.46. The number of hydrogen-bond donors (Lipinski definition) is 4. The standard InChI is InChI=1S/C23H25N5O3/c1-15(29)25-9-10-31-20-4-2-3-17(11-20)21-12-18-14-28(23(30)27-22(18)26-21)19-7-5-16(13-24)6-8-19/h2-8,11-12,14,22,26H,9-10,13,24H2,1H3,(H,25,29)(H,27,30). The van der Waals surface area contributed by atoms with Gasteiger partial charge in [0.1, 0.15) is 18.5 Å². The summed E-state index contributed by atoms with van der Waals surface area (Å²) < 4.78 is 5.71. The Bertz CT molecular complexity index is 1050. The average molecular weight is 419 g/mol. The summed E-state index contributed by atoms with van der Waals surface area (Å²) in [7, 11) is 0. The van der Waals surface area contributed by atoms with Crippen LogP contribution in [-0.4, -0.2) is 31.3 Å². The van der Waals surface area contributed by atoms with Gasteiger partial charge in [-0.3, -0.25) is 9.69 Å². The Morgan fingerprint density at radius 1 is 1.19 bits per heavy atom. The van der Waals surface area contributed by atoms with Gasteiger partial charge < -0.3 is 26.4 Å². The molecule has 0 radical (unpaired) electrons. The first-order chi connectivity index (χ1) is 15.0. The third-order valence-corrected chi connectivity index (χ3v) is 5.05. The zero-order chi connectivity index (χ0) is 21.8. The van der Waals surface area contributed by atoms with E-state index < -0.39 is 0 Å². The number of anilines is 1. The second-order valence-corrected chi connectivity index (χ2v) is 7.31. The average Bonchev–Trinajstić information content (AvgIpc) is 3.19. The van der Waals surface area contributed by atoms with Gasteiger partial charge in [-0.2, -0.15) is 0 Å². The smallest absolute Gasteiger partial charge is 0.327 e. The quantitative estimate of drug-likeness (QED) is 0.514. The topological polar surface area (TPSA) is 109 Å². The molecule has 31 heavy (non-hydrogen) atoms. The second kappa shape index (κ2) is 8.93. The number of nitrogens with zero attached hydrogens (tertiary/aromatic N) is 1. The third-order valence-electron chi connectivity index (χ3n) is 5.05. The Kier molecular flexibility index (Phi) is 5.90. The van der Waals surface area contributed by atoms with Gasteiger partial charge in [0.15, 0.2) is 0 Å². The van der Waals surface area contributed by atoms with Crippen molar-refractivity contribution in [3.05, 3.63) is 77.5 Å². The fraction of sp³-hybridized carbons (Fsp3) is 0.217. The van der Waals surface area contributed by atoms with Crippen LogP contribution in [0.2, 0.25) is 0 Å². The molecule has 0 aliphatic carbocycles. The number of rotatable bonds is 7. The lowest BCUT2D eigenvalue weighted by Gasteiger charge is -2.29. The fourth-order valence-electron chi connectivity index (χ4n) is 3.46. The van der Waals surface area contributed by atoms with Gasteiger partial charge in [0.2, 0.25) is 5.91 Å². The minimum absolute atomic E-state index is 0.0834. The highest BCUT2D eigenvalue weighted by atomic mass is 16.5. The lowest BCUT2D eigenvalue weighted by molar-refractivity contribution is -0.119. The zero-order valence-corrected chi connectivity index (χ0v) is 17.2. The van der Waals surface area contributed by atoms with E-state index >= 15 is 0 Å². The molecule has 2 aliphatic heterocycles. The molecular weight excluding hydrogens is 394 g/mol. The number of ether oxygens (including phenoxy) is 1. The zero-order valence-electron chi connectivity index (χ0n) is 17.2. The summed E-state index contributed by atoms with van der Waals surface area (Å²) >= 11 is 0. The highest BCUT2D eigenvalue weighted by Gasteiger charge is 2.31. The van der Waals surface area contributed by atoms with Crippen molar-refractivity contribution < 1.29 is 14.3 Å². The Morgan fingerprint density at radius 3 is 2.74 bits per heavy atom. The molecule has 3 amide bonds. The summed E-state index contributed by atoms with van der Waals surface area (Å²) in [6.07, 6.45) is 3.57. The highest BCUT2D eigenvalue weighted by Crippen LogP contribution is 2.29. The van der Waals surface area contributed by atoms with E-state index in [-0.39, 0.29) is 18.1 Å². The number of carbonyl (C=O) groups is 2. The molecule has 0 saturated carbocycles. The molecule has 4 rings (SSSR count). The van der Waals surface area contributed by atoms with Crippen LogP contribution in [0.4, 0.5) is 10.5 Å². The normalized spacial score (nSPS) is 17.2. The molecule has 0 spiro atoms. The SMILES string of the molecule is CC(=O)NCCOc1cccc(C2=CC3=CN(c4ccc(CN)cc4)C(=O)NC3N2)c1. The van der Waals surface area contributed by atoms with Gasteiger partial charge in [-0.25, -0.2) is 4.79 Å². The van der Waals surface area contributed by atoms with Crippen LogP contribution in [0.15, 0.2) is 66.4 Å². The molecular formula is C23H25N5O3. The van der Waals surface area contributed by atoms with Crippen molar-refractivity contribution in [2.75, 3.05) is 18.1 Å². The van der Waals surface area contributed by atoms with Crippen LogP contribution in [0.3, 0.4) is 0 Å². The van der Waals surface area contributed by atoms with E-state index in [4.69, 9.17) is 10.5 Å². The molecule has 5 N–H and O–H groups in total. The van der Waals surface area contributed by atoms with Gasteiger partial charge in [-0.05, 0) is 35.9 Å². The molecule has 0 fully saturated rings. The first-order valence-corrected chi connectivity index (χ1v) is 10.1. The molecule has 2 aromatic carbocycles. The van der Waals surface area contributed by atoms with Crippen molar-refractivity contribution in [2.45, 2.75) is 19.6 Å². The first kappa shape index (κ1) is 20.5. The van der Waals surface area contributed by atoms with Crippen LogP contribution in [0.1, 0.15) is 18.1 Å². The summed E-state index contributed by atoms with van der Waals surface area (Å²) in [6.45, 7) is 2.77. The number of hydrogen-bond acceptors (Lipinski definition) is 5. The van der Waals surface area contributed by atoms with E-state index in [1.165, 1.54) is 6.92 Å². The molecule has 0 aromatic heterocycles. The second-order valence-electron chi connectivity index (χ2n) is 7.31. The summed E-state index contributed by atoms with van der Waals surface area (Å²) in [5.74, 6) is 0.625. The summed E-state index contributed by atoms with van der Waals surface area (Å²) in [4.78, 5) is 25.2. The Balaban J connectivity index is 1.49. The summed E-state index contributed by atoms with van der Waals surface area (Å²) in [5.41, 5.74) is 10.2. The predicted molar refractivity (Wildman–Crippen MR) is 119 cm³/mol. The van der Waals surface area contributed by atoms with Gasteiger partial charge in [0.05, 0.1) is 12.2 Å². The van der Waals surface area contributed by atoms with E-state index in [0.29, 0.717) is 25.4 Å². The molecule has 160 valence electrons. The maximum Gasteiger partial charge on any atom is 0.327 e. The van der Waals surface area contributed by atoms with Gasteiger partial charge in [0, 0.05) is 36.5 Å². The molecule has 8 nitrogen and oxygen atoms in total. The van der Waals surface area contributed by atoms with Crippen molar-refractivity contribution >= 4 is 23.3 Å². The van der Waals surface area contributed by atoms with Gasteiger partial charge in [-0.1, -0.05) is 24.3 Å². The molecule has 2 aliphatic rings. The minimum atomic E-state index is -0.286. The van der Waals surface area contributed by atoms with Gasteiger partial charge in [0.25, 0.3) is 0 Å². The monoisotopic (exact) mass is 419 g/mol. The molecule has 2 heterocycles. The van der Waals surface area contributed by atoms with Crippen LogP contribution in [0, 0.1) is 0 Å². The van der Waals surface area contributed by atoms with Crippen LogP contribution in [0.5, 0.6) is 5.75 Å². The first-order valence-electron chi connectivity index (χ1n) is 10.1. The number of carbonyl (C=O) groups excluding carboxylic acids is 2. The number of nitrogens with one attached hydrogen (secondary N) is 3. The maximum absolute atomic E-state index is 12.6. The Hall–Kier alpha value is -3.78. The highest BCUT2D eigenvalue weighted by molar-refractivity contribution is 5.96. The van der Waals surface area contributed by atoms with Gasteiger partial charge in [-0.15, -0.1) is 0 Å². The van der Waals surface area contributed by atoms with Crippen molar-refractivity contribution in [3.63, 3.8) is 0 Å². The summed E-state index contributed by atoms with van der Waals surface area (Å²) in [5, 5.41) is 9.03. The van der Waals surface area contributed by atoms with E-state index in [9.17, 15) is 9.59 Å². The van der Waals surface area contributed by atoms with E-state index in [1.54, 1.807) is 4.90 Å². The Morgan fingerprint density at radius 2 is 2.00 bits per heavy atom. The minimum Gasteiger partial charge on any atom is -0.492 e. The van der Waals surface area contributed by atoms with Crippen molar-refractivity contribution in [1.82, 2.24) is 16.0 Å². The molecule has 2 aromatic rings. The van der Waals surface area contributed by atoms with Crippen LogP contribution in [-0.2, 0) is 11.3 Å². The lowest BCUT2D eigenvalue weighted by atomic mass is 10.1. The number of amides is 3. The van der Waals surface area contributed by atoms with Crippen LogP contribution < -0.4 is 31.3 Å². The maximum atomic E-state index is 12.6. The Labute approximate surface area is 180 Å².